The normalized spacial score (nSPS) is 11.3. The topological polar surface area (TPSA) is 46.5 Å². The summed E-state index contributed by atoms with van der Waals surface area (Å²) in [5.41, 5.74) is 0.725. The number of carbonyl (C=O) groups is 1. The number of alkyl halides is 3. The van der Waals surface area contributed by atoms with Gasteiger partial charge in [-0.15, -0.1) is 0 Å². The molecule has 0 fully saturated rings. The number of carboxylic acid groups (broad SMARTS) is 1. The number of ether oxygens (including phenoxy) is 1. The lowest BCUT2D eigenvalue weighted by molar-refractivity contribution is -0.138. The summed E-state index contributed by atoms with van der Waals surface area (Å²) in [4.78, 5) is 10.7. The summed E-state index contributed by atoms with van der Waals surface area (Å²) < 4.78 is 44.2. The van der Waals surface area contributed by atoms with Crippen LogP contribution in [0.2, 0.25) is 0 Å². The lowest BCUT2D eigenvalue weighted by Gasteiger charge is -2.13. The molecular formula is C17H15F3O3. The molecule has 2 aromatic rings. The van der Waals surface area contributed by atoms with Crippen molar-refractivity contribution in [1.29, 1.82) is 0 Å². The summed E-state index contributed by atoms with van der Waals surface area (Å²) in [6.07, 6.45) is -4.60. The zero-order valence-corrected chi connectivity index (χ0v) is 12.4. The molecule has 0 saturated carbocycles. The number of rotatable bonds is 5. The summed E-state index contributed by atoms with van der Waals surface area (Å²) in [5, 5.41) is 8.73. The third kappa shape index (κ3) is 4.48. The Hall–Kier alpha value is -2.50. The Bertz CT molecular complexity index is 691. The Morgan fingerprint density at radius 1 is 1.09 bits per heavy atom. The molecule has 2 rings (SSSR count). The van der Waals surface area contributed by atoms with Crippen LogP contribution in [0, 0.1) is 0 Å². The molecule has 0 aliphatic rings. The number of hydrogen-bond donors (Lipinski definition) is 1. The van der Waals surface area contributed by atoms with Crippen LogP contribution in [0.25, 0.3) is 11.1 Å². The molecule has 1 N–H and O–H groups in total. The van der Waals surface area contributed by atoms with E-state index in [0.717, 1.165) is 12.1 Å². The van der Waals surface area contributed by atoms with E-state index in [-0.39, 0.29) is 18.8 Å². The van der Waals surface area contributed by atoms with E-state index in [0.29, 0.717) is 16.7 Å². The predicted octanol–water partition coefficient (Wildman–Crippen LogP) is 4.40. The van der Waals surface area contributed by atoms with Crippen LogP contribution in [0.3, 0.4) is 0 Å². The Kier molecular flexibility index (Phi) is 4.93. The Labute approximate surface area is 131 Å². The van der Waals surface area contributed by atoms with Crippen molar-refractivity contribution in [3.63, 3.8) is 0 Å². The SMILES string of the molecule is CCOc1cc(-c2ccc(CC(=O)O)cc2)cc(C(F)(F)F)c1. The summed E-state index contributed by atoms with van der Waals surface area (Å²) in [5.74, 6) is -0.817. The van der Waals surface area contributed by atoms with E-state index in [1.165, 1.54) is 6.07 Å². The van der Waals surface area contributed by atoms with Gasteiger partial charge in [0.1, 0.15) is 5.75 Å². The van der Waals surface area contributed by atoms with Gasteiger partial charge in [0.15, 0.2) is 0 Å². The molecule has 0 bridgehead atoms. The number of benzene rings is 2. The standard InChI is InChI=1S/C17H15F3O3/c1-2-23-15-9-13(8-14(10-15)17(18,19)20)12-5-3-11(4-6-12)7-16(21)22/h3-6,8-10H,2,7H2,1H3,(H,21,22). The Morgan fingerprint density at radius 3 is 2.26 bits per heavy atom. The van der Waals surface area contributed by atoms with Gasteiger partial charge < -0.3 is 9.84 Å². The third-order valence-corrected chi connectivity index (χ3v) is 3.19. The van der Waals surface area contributed by atoms with Gasteiger partial charge in [0, 0.05) is 0 Å². The van der Waals surface area contributed by atoms with E-state index in [1.54, 1.807) is 31.2 Å². The quantitative estimate of drug-likeness (QED) is 0.887. The fraction of sp³-hybridized carbons (Fsp3) is 0.235. The number of hydrogen-bond acceptors (Lipinski definition) is 2. The van der Waals surface area contributed by atoms with Crippen molar-refractivity contribution in [2.45, 2.75) is 19.5 Å². The van der Waals surface area contributed by atoms with Crippen molar-refractivity contribution in [2.75, 3.05) is 6.61 Å². The van der Waals surface area contributed by atoms with Crippen LogP contribution in [0.15, 0.2) is 42.5 Å². The van der Waals surface area contributed by atoms with E-state index < -0.39 is 17.7 Å². The second kappa shape index (κ2) is 6.73. The first kappa shape index (κ1) is 16.9. The van der Waals surface area contributed by atoms with Crippen molar-refractivity contribution in [2.24, 2.45) is 0 Å². The zero-order valence-electron chi connectivity index (χ0n) is 12.4. The first-order valence-corrected chi connectivity index (χ1v) is 6.96. The molecule has 0 aliphatic heterocycles. The summed E-state index contributed by atoms with van der Waals surface area (Å²) >= 11 is 0. The highest BCUT2D eigenvalue weighted by molar-refractivity contribution is 5.71. The molecule has 0 aromatic heterocycles. The highest BCUT2D eigenvalue weighted by atomic mass is 19.4. The molecule has 23 heavy (non-hydrogen) atoms. The van der Waals surface area contributed by atoms with E-state index >= 15 is 0 Å². The van der Waals surface area contributed by atoms with Gasteiger partial charge in [0.05, 0.1) is 18.6 Å². The molecule has 3 nitrogen and oxygen atoms in total. The summed E-state index contributed by atoms with van der Waals surface area (Å²) in [7, 11) is 0. The molecule has 6 heteroatoms. The molecular weight excluding hydrogens is 309 g/mol. The number of carboxylic acids is 1. The van der Waals surface area contributed by atoms with Gasteiger partial charge in [-0.1, -0.05) is 24.3 Å². The van der Waals surface area contributed by atoms with Crippen LogP contribution in [0.5, 0.6) is 5.75 Å². The van der Waals surface area contributed by atoms with Crippen LogP contribution in [0.1, 0.15) is 18.1 Å². The fourth-order valence-electron chi connectivity index (χ4n) is 2.17. The minimum absolute atomic E-state index is 0.132. The van der Waals surface area contributed by atoms with Crippen molar-refractivity contribution < 1.29 is 27.8 Å². The lowest BCUT2D eigenvalue weighted by Crippen LogP contribution is -2.06. The van der Waals surface area contributed by atoms with Crippen LogP contribution >= 0.6 is 0 Å². The molecule has 0 saturated heterocycles. The monoisotopic (exact) mass is 324 g/mol. The summed E-state index contributed by atoms with van der Waals surface area (Å²) in [6, 6.07) is 9.92. The van der Waals surface area contributed by atoms with Crippen LogP contribution < -0.4 is 4.74 Å². The van der Waals surface area contributed by atoms with Gasteiger partial charge in [-0.2, -0.15) is 13.2 Å². The third-order valence-electron chi connectivity index (χ3n) is 3.19. The maximum absolute atomic E-state index is 13.0. The van der Waals surface area contributed by atoms with E-state index in [2.05, 4.69) is 0 Å². The predicted molar refractivity (Wildman–Crippen MR) is 79.4 cm³/mol. The Morgan fingerprint density at radius 2 is 1.74 bits per heavy atom. The molecule has 0 atom stereocenters. The van der Waals surface area contributed by atoms with Crippen molar-refractivity contribution >= 4 is 5.97 Å². The van der Waals surface area contributed by atoms with Gasteiger partial charge >= 0.3 is 12.1 Å². The van der Waals surface area contributed by atoms with Crippen LogP contribution in [0.4, 0.5) is 13.2 Å². The summed E-state index contributed by atoms with van der Waals surface area (Å²) in [6.45, 7) is 1.96. The Balaban J connectivity index is 2.41. The molecule has 0 amide bonds. The van der Waals surface area contributed by atoms with Gasteiger partial charge in [0.25, 0.3) is 0 Å². The molecule has 122 valence electrons. The molecule has 0 aliphatic carbocycles. The van der Waals surface area contributed by atoms with Gasteiger partial charge in [-0.3, -0.25) is 4.79 Å². The number of halogens is 3. The van der Waals surface area contributed by atoms with Gasteiger partial charge in [0.2, 0.25) is 0 Å². The highest BCUT2D eigenvalue weighted by Crippen LogP contribution is 2.35. The largest absolute Gasteiger partial charge is 0.494 e. The molecule has 0 radical (unpaired) electrons. The molecule has 2 aromatic carbocycles. The maximum Gasteiger partial charge on any atom is 0.416 e. The second-order valence-electron chi connectivity index (χ2n) is 4.94. The van der Waals surface area contributed by atoms with E-state index in [9.17, 15) is 18.0 Å². The van der Waals surface area contributed by atoms with Crippen LogP contribution in [-0.4, -0.2) is 17.7 Å². The first-order chi connectivity index (χ1) is 10.8. The smallest absolute Gasteiger partial charge is 0.416 e. The average molecular weight is 324 g/mol. The maximum atomic E-state index is 13.0. The highest BCUT2D eigenvalue weighted by Gasteiger charge is 2.31. The van der Waals surface area contributed by atoms with Gasteiger partial charge in [-0.05, 0) is 41.8 Å². The minimum atomic E-state index is -4.47. The van der Waals surface area contributed by atoms with Gasteiger partial charge in [-0.25, -0.2) is 0 Å². The van der Waals surface area contributed by atoms with E-state index in [4.69, 9.17) is 9.84 Å². The first-order valence-electron chi connectivity index (χ1n) is 6.96. The fourth-order valence-corrected chi connectivity index (χ4v) is 2.17. The van der Waals surface area contributed by atoms with Crippen molar-refractivity contribution in [3.8, 4) is 16.9 Å². The van der Waals surface area contributed by atoms with Crippen molar-refractivity contribution in [3.05, 3.63) is 53.6 Å². The van der Waals surface area contributed by atoms with Crippen LogP contribution in [-0.2, 0) is 17.4 Å². The lowest BCUT2D eigenvalue weighted by atomic mass is 10.0. The number of aliphatic carboxylic acids is 1. The zero-order chi connectivity index (χ0) is 17.0. The molecule has 0 unspecified atom stereocenters. The average Bonchev–Trinajstić information content (AvgIpc) is 2.46. The molecule has 0 heterocycles. The van der Waals surface area contributed by atoms with Crippen molar-refractivity contribution in [1.82, 2.24) is 0 Å². The minimum Gasteiger partial charge on any atom is -0.494 e. The van der Waals surface area contributed by atoms with E-state index in [1.807, 2.05) is 0 Å². The second-order valence-corrected chi connectivity index (χ2v) is 4.94. The molecule has 0 spiro atoms.